The summed E-state index contributed by atoms with van der Waals surface area (Å²) in [5.41, 5.74) is 5.45. The summed E-state index contributed by atoms with van der Waals surface area (Å²) < 4.78 is 13.2. The van der Waals surface area contributed by atoms with Crippen LogP contribution in [0.25, 0.3) is 0 Å². The Hall–Kier alpha value is -2.02. The second kappa shape index (κ2) is 4.82. The largest absolute Gasteiger partial charge is 0.389 e. The van der Waals surface area contributed by atoms with Crippen molar-refractivity contribution in [2.45, 2.75) is 25.9 Å². The highest BCUT2D eigenvalue weighted by atomic mass is 32.1. The van der Waals surface area contributed by atoms with Crippen LogP contribution in [0.1, 0.15) is 25.0 Å². The van der Waals surface area contributed by atoms with Crippen LogP contribution in [0.15, 0.2) is 18.2 Å². The van der Waals surface area contributed by atoms with Gasteiger partial charge < -0.3 is 11.1 Å². The van der Waals surface area contributed by atoms with Crippen LogP contribution in [-0.2, 0) is 11.3 Å². The Labute approximate surface area is 120 Å². The van der Waals surface area contributed by atoms with Gasteiger partial charge in [0, 0.05) is 5.56 Å². The van der Waals surface area contributed by atoms with E-state index in [-0.39, 0.29) is 17.4 Å². The zero-order valence-corrected chi connectivity index (χ0v) is 11.9. The van der Waals surface area contributed by atoms with Crippen molar-refractivity contribution in [2.24, 2.45) is 5.73 Å². The normalized spacial score (nSPS) is 17.2. The van der Waals surface area contributed by atoms with Gasteiger partial charge in [0.05, 0.1) is 6.54 Å². The molecule has 7 heteroatoms. The molecule has 1 aromatic carbocycles. The van der Waals surface area contributed by atoms with Crippen molar-refractivity contribution in [3.05, 3.63) is 35.1 Å². The van der Waals surface area contributed by atoms with E-state index in [9.17, 15) is 14.0 Å². The number of amides is 3. The van der Waals surface area contributed by atoms with Gasteiger partial charge in [0.25, 0.3) is 5.91 Å². The lowest BCUT2D eigenvalue weighted by Gasteiger charge is -2.17. The molecular weight excluding hydrogens is 281 g/mol. The Balaban J connectivity index is 2.34. The van der Waals surface area contributed by atoms with Gasteiger partial charge in [-0.2, -0.15) is 0 Å². The van der Waals surface area contributed by atoms with Crippen molar-refractivity contribution in [3.8, 4) is 0 Å². The van der Waals surface area contributed by atoms with Gasteiger partial charge in [-0.15, -0.1) is 0 Å². The summed E-state index contributed by atoms with van der Waals surface area (Å²) >= 11 is 4.86. The first-order chi connectivity index (χ1) is 9.22. The molecule has 2 rings (SSSR count). The summed E-state index contributed by atoms with van der Waals surface area (Å²) in [6, 6.07) is 3.41. The lowest BCUT2D eigenvalue weighted by atomic mass is 10.0. The molecule has 5 nitrogen and oxygen atoms in total. The van der Waals surface area contributed by atoms with Gasteiger partial charge in [-0.05, 0) is 31.5 Å². The Morgan fingerprint density at radius 2 is 2.10 bits per heavy atom. The highest BCUT2D eigenvalue weighted by molar-refractivity contribution is 7.80. The highest BCUT2D eigenvalue weighted by Crippen LogP contribution is 2.21. The fraction of sp³-hybridized carbons (Fsp3) is 0.308. The van der Waals surface area contributed by atoms with Crippen LogP contribution < -0.4 is 11.1 Å². The number of nitrogens with two attached hydrogens (primary N) is 1. The van der Waals surface area contributed by atoms with E-state index in [2.05, 4.69) is 5.32 Å². The third kappa shape index (κ3) is 2.49. The Morgan fingerprint density at radius 1 is 1.45 bits per heavy atom. The number of urea groups is 1. The van der Waals surface area contributed by atoms with E-state index in [0.717, 1.165) is 4.90 Å². The summed E-state index contributed by atoms with van der Waals surface area (Å²) in [5.74, 6) is -0.824. The first-order valence-electron chi connectivity index (χ1n) is 5.95. The molecule has 1 aromatic rings. The Morgan fingerprint density at radius 3 is 2.60 bits per heavy atom. The van der Waals surface area contributed by atoms with E-state index in [1.54, 1.807) is 13.8 Å². The van der Waals surface area contributed by atoms with E-state index < -0.39 is 17.4 Å². The molecule has 1 aliphatic rings. The molecular formula is C13H14FN3O2S. The number of carbonyl (C=O) groups is 2. The second-order valence-electron chi connectivity index (χ2n) is 5.11. The number of rotatable bonds is 3. The minimum absolute atomic E-state index is 0.00104. The molecule has 0 aliphatic carbocycles. The Bertz CT molecular complexity index is 616. The number of nitrogens with zero attached hydrogens (tertiary/aromatic N) is 1. The van der Waals surface area contributed by atoms with Gasteiger partial charge in [0.15, 0.2) is 0 Å². The van der Waals surface area contributed by atoms with Gasteiger partial charge in [0.2, 0.25) is 0 Å². The number of hydrogen-bond donors (Lipinski definition) is 2. The molecule has 0 unspecified atom stereocenters. The van der Waals surface area contributed by atoms with E-state index in [1.165, 1.54) is 18.2 Å². The van der Waals surface area contributed by atoms with Crippen LogP contribution in [0.4, 0.5) is 9.18 Å². The molecule has 0 atom stereocenters. The van der Waals surface area contributed by atoms with Gasteiger partial charge in [-0.25, -0.2) is 9.18 Å². The van der Waals surface area contributed by atoms with E-state index in [1.807, 2.05) is 0 Å². The SMILES string of the molecule is CC1(C)NC(=O)N(Cc2ccc(F)cc2C(N)=S)C1=O. The minimum Gasteiger partial charge on any atom is -0.389 e. The van der Waals surface area contributed by atoms with Gasteiger partial charge in [-0.1, -0.05) is 18.3 Å². The van der Waals surface area contributed by atoms with Crippen LogP contribution in [0.3, 0.4) is 0 Å². The zero-order valence-electron chi connectivity index (χ0n) is 11.1. The topological polar surface area (TPSA) is 75.4 Å². The number of nitrogens with one attached hydrogen (secondary N) is 1. The van der Waals surface area contributed by atoms with Crippen molar-refractivity contribution in [2.75, 3.05) is 0 Å². The number of imide groups is 1. The summed E-state index contributed by atoms with van der Waals surface area (Å²) in [5, 5.41) is 2.57. The fourth-order valence-corrected chi connectivity index (χ4v) is 2.24. The predicted octanol–water partition coefficient (Wildman–Crippen LogP) is 1.29. The van der Waals surface area contributed by atoms with E-state index in [0.29, 0.717) is 11.1 Å². The van der Waals surface area contributed by atoms with Crippen LogP contribution in [-0.4, -0.2) is 27.4 Å². The van der Waals surface area contributed by atoms with Crippen LogP contribution in [0, 0.1) is 5.82 Å². The van der Waals surface area contributed by atoms with Crippen molar-refractivity contribution in [3.63, 3.8) is 0 Å². The van der Waals surface area contributed by atoms with E-state index in [4.69, 9.17) is 18.0 Å². The van der Waals surface area contributed by atoms with Gasteiger partial charge in [-0.3, -0.25) is 9.69 Å². The van der Waals surface area contributed by atoms with Crippen molar-refractivity contribution >= 4 is 29.1 Å². The number of benzene rings is 1. The third-order valence-electron chi connectivity index (χ3n) is 3.11. The maximum Gasteiger partial charge on any atom is 0.325 e. The summed E-state index contributed by atoms with van der Waals surface area (Å²) in [4.78, 5) is 25.0. The van der Waals surface area contributed by atoms with Crippen LogP contribution in [0.5, 0.6) is 0 Å². The van der Waals surface area contributed by atoms with Gasteiger partial charge in [0.1, 0.15) is 16.3 Å². The first kappa shape index (κ1) is 14.4. The average molecular weight is 295 g/mol. The van der Waals surface area contributed by atoms with Gasteiger partial charge >= 0.3 is 6.03 Å². The molecule has 0 radical (unpaired) electrons. The molecule has 1 aliphatic heterocycles. The molecule has 106 valence electrons. The lowest BCUT2D eigenvalue weighted by molar-refractivity contribution is -0.130. The summed E-state index contributed by atoms with van der Waals surface area (Å²) in [6.07, 6.45) is 0. The lowest BCUT2D eigenvalue weighted by Crippen LogP contribution is -2.40. The maximum absolute atomic E-state index is 13.2. The smallest absolute Gasteiger partial charge is 0.325 e. The molecule has 3 N–H and O–H groups in total. The molecule has 3 amide bonds. The Kier molecular flexibility index (Phi) is 3.47. The third-order valence-corrected chi connectivity index (χ3v) is 3.33. The average Bonchev–Trinajstić information content (AvgIpc) is 2.53. The minimum atomic E-state index is -0.944. The molecule has 1 heterocycles. The van der Waals surface area contributed by atoms with Crippen molar-refractivity contribution < 1.29 is 14.0 Å². The second-order valence-corrected chi connectivity index (χ2v) is 5.55. The summed E-state index contributed by atoms with van der Waals surface area (Å²) in [7, 11) is 0. The quantitative estimate of drug-likeness (QED) is 0.651. The van der Waals surface area contributed by atoms with Crippen LogP contribution >= 0.6 is 12.2 Å². The van der Waals surface area contributed by atoms with Crippen molar-refractivity contribution in [1.82, 2.24) is 10.2 Å². The standard InChI is InChI=1S/C13H14FN3O2S/c1-13(2)11(18)17(12(19)16-13)6-7-3-4-8(14)5-9(7)10(15)20/h3-5H,6H2,1-2H3,(H2,15,20)(H,16,19). The number of halogens is 1. The van der Waals surface area contributed by atoms with Crippen LogP contribution in [0.2, 0.25) is 0 Å². The number of carbonyl (C=O) groups excluding carboxylic acids is 2. The maximum atomic E-state index is 13.2. The fourth-order valence-electron chi connectivity index (χ4n) is 2.05. The summed E-state index contributed by atoms with van der Waals surface area (Å²) in [6.45, 7) is 3.24. The first-order valence-corrected chi connectivity index (χ1v) is 6.35. The molecule has 0 spiro atoms. The molecule has 20 heavy (non-hydrogen) atoms. The molecule has 1 fully saturated rings. The molecule has 0 saturated carbocycles. The number of hydrogen-bond acceptors (Lipinski definition) is 3. The van der Waals surface area contributed by atoms with E-state index >= 15 is 0 Å². The van der Waals surface area contributed by atoms with Crippen molar-refractivity contribution in [1.29, 1.82) is 0 Å². The predicted molar refractivity (Wildman–Crippen MR) is 75.4 cm³/mol. The molecule has 0 aromatic heterocycles. The zero-order chi connectivity index (χ0) is 15.1. The number of thiocarbonyl (C=S) groups is 1. The molecule has 0 bridgehead atoms. The molecule has 1 saturated heterocycles. The highest BCUT2D eigenvalue weighted by Gasteiger charge is 2.44. The monoisotopic (exact) mass is 295 g/mol.